The molecule has 28 nitrogen and oxygen atoms in total. The molecule has 129 heavy (non-hydrogen) atoms. The maximum absolute atomic E-state index is 12.2. The number of imidazole rings is 7. The number of aromatic amines is 1. The minimum atomic E-state index is 0.0814. The summed E-state index contributed by atoms with van der Waals surface area (Å²) < 4.78 is 16.7. The second kappa shape index (κ2) is 51.2. The predicted molar refractivity (Wildman–Crippen MR) is 535 cm³/mol. The summed E-state index contributed by atoms with van der Waals surface area (Å²) in [6.45, 7) is 45.6. The Balaban J connectivity index is 0.000000171. The molecule has 0 aliphatic carbocycles. The van der Waals surface area contributed by atoms with E-state index < -0.39 is 0 Å². The number of H-pyrrole nitrogens is 1. The second-order valence-electron chi connectivity index (χ2n) is 26.7. The molecule has 0 bridgehead atoms. The van der Waals surface area contributed by atoms with Crippen molar-refractivity contribution in [2.24, 2.45) is 10.8 Å². The minimum absolute atomic E-state index is 0.0814. The van der Waals surface area contributed by atoms with E-state index in [1.54, 1.807) is 128 Å². The Kier molecular flexibility index (Phi) is 39.7. The summed E-state index contributed by atoms with van der Waals surface area (Å²) in [5, 5.41) is 12.2. The number of azide groups is 1. The van der Waals surface area contributed by atoms with Crippen molar-refractivity contribution >= 4 is 200 Å². The lowest BCUT2D eigenvalue weighted by molar-refractivity contribution is 0.0978. The van der Waals surface area contributed by atoms with Gasteiger partial charge in [0.25, 0.3) is 0 Å². The fourth-order valence-corrected chi connectivity index (χ4v) is 17.0. The number of thiophene rings is 2. The number of hydrogen-bond donors (Lipinski definition) is 3. The van der Waals surface area contributed by atoms with Gasteiger partial charge in [0.05, 0.1) is 130 Å². The number of Topliss-reactive ketones (excluding diaryl/α,β-unsaturated/α-hetero) is 2. The molecule has 0 fully saturated rings. The first-order valence-electron chi connectivity index (χ1n) is 37.9. The predicted octanol–water partition coefficient (Wildman–Crippen LogP) is 27.0. The van der Waals surface area contributed by atoms with E-state index in [2.05, 4.69) is 181 Å². The first-order valence-corrected chi connectivity index (χ1v) is 45.7. The van der Waals surface area contributed by atoms with Crippen molar-refractivity contribution < 1.29 is 9.59 Å². The van der Waals surface area contributed by atoms with E-state index in [4.69, 9.17) is 79.3 Å². The van der Waals surface area contributed by atoms with Crippen molar-refractivity contribution in [3.8, 4) is 34.1 Å². The summed E-state index contributed by atoms with van der Waals surface area (Å²) >= 11 is 33.7. The first-order chi connectivity index (χ1) is 62.3. The standard InChI is InChI=1S/C19H19ClN4OS.C17H12ClN3OS.C11H6Br3N3.C11H6Br2N6.C11H10N4.C11H9N3.C7H4IN.C4H6N2/c1-23(2)19(21)13-3-6-15(7-4-13)24-11-14(22-12-24)5-8-16(25)17-9-10-18(20)26-17;1-19-12-2-5-14(6-3-12)21-10-13(20-11-21)4-7-15(22)16-8-9-17(18)23-16;1-15-7-2-4-8(5-3-7)17-10(13)9(6-12)16-11(17)14;1-15-7-2-4-8(5-3-7)19-10(12)9(6-16-18-14)17-11(19)13;1-13-9-2-4-11(5-3-9)15-7-10(6-12)14-8-15;1-9-7-14(8-13-9)11-5-3-10(12-2)4-6-11;1-9-7-4-2-6(8)3-5-7;1-4-2-5-3-6-4/h3-4,6-7,9-12,21H,5,8H2,1-2H3;2-3,5-6,8-11H,4,7H2;2-5H,6H2;2-5H,6H2;2-5,7-8H,6,12H2;3-8H,1H3;2-5H;2-3H,1H3,(H,5,6). The molecule has 0 saturated heterocycles. The van der Waals surface area contributed by atoms with Crippen LogP contribution in [0.5, 0.6) is 0 Å². The molecule has 16 rings (SSSR count). The number of aromatic nitrogens is 14. The molecule has 7 aromatic carbocycles. The van der Waals surface area contributed by atoms with Crippen molar-refractivity contribution in [1.82, 2.24) is 72.2 Å². The van der Waals surface area contributed by atoms with Gasteiger partial charge in [-0.2, -0.15) is 0 Å². The number of carbonyl (C=O) groups excluding carboxylic acids is 2. The number of nitrogens with one attached hydrogen (secondary N) is 2. The monoisotopic (exact) mass is 2220 g/mol. The van der Waals surface area contributed by atoms with Crippen LogP contribution in [0.25, 0.3) is 73.6 Å². The lowest BCUT2D eigenvalue weighted by Crippen LogP contribution is -2.21. The minimum Gasteiger partial charge on any atom is -0.363 e. The van der Waals surface area contributed by atoms with E-state index in [0.717, 1.165) is 83.2 Å². The van der Waals surface area contributed by atoms with E-state index in [-0.39, 0.29) is 18.1 Å². The molecular weight excluding hydrogens is 2150 g/mol. The summed E-state index contributed by atoms with van der Waals surface area (Å²) in [6.07, 6.45) is 20.0. The quantitative estimate of drug-likeness (QED) is 0.00787. The molecular formula is C91H72Br5Cl2IN26O2S2. The number of benzene rings is 7. The average molecular weight is 2220 g/mol. The highest BCUT2D eigenvalue weighted by atomic mass is 127. The van der Waals surface area contributed by atoms with Crippen LogP contribution >= 0.6 is 148 Å². The molecule has 0 saturated carbocycles. The number of halogens is 8. The van der Waals surface area contributed by atoms with Gasteiger partial charge in [0.2, 0.25) is 0 Å². The van der Waals surface area contributed by atoms with Gasteiger partial charge in [-0.05, 0) is 228 Å². The zero-order valence-corrected chi connectivity index (χ0v) is 82.0. The Morgan fingerprint density at radius 3 is 1.16 bits per heavy atom. The number of alkyl halides is 1. The van der Waals surface area contributed by atoms with Gasteiger partial charge in [-0.3, -0.25) is 24.1 Å². The zero-order chi connectivity index (χ0) is 92.9. The van der Waals surface area contributed by atoms with Crippen LogP contribution in [0.3, 0.4) is 0 Å². The lowest BCUT2D eigenvalue weighted by atomic mass is 10.1. The van der Waals surface area contributed by atoms with Crippen LogP contribution in [0, 0.1) is 62.3 Å². The zero-order valence-electron chi connectivity index (χ0n) is 68.7. The third kappa shape index (κ3) is 30.4. The fourth-order valence-electron chi connectivity index (χ4n) is 11.0. The topological polar surface area (TPSA) is 298 Å². The normalized spacial score (nSPS) is 10.0. The third-order valence-electron chi connectivity index (χ3n) is 17.6. The molecule has 0 spiro atoms. The highest BCUT2D eigenvalue weighted by Crippen LogP contribution is 2.33. The van der Waals surface area contributed by atoms with Gasteiger partial charge >= 0.3 is 0 Å². The van der Waals surface area contributed by atoms with Crippen LogP contribution in [-0.2, 0) is 31.3 Å². The summed E-state index contributed by atoms with van der Waals surface area (Å²) in [4.78, 5) is 82.4. The summed E-state index contributed by atoms with van der Waals surface area (Å²) in [7, 11) is 3.70. The Hall–Kier alpha value is -12.9. The molecule has 16 aromatic rings. The third-order valence-corrected chi connectivity index (χ3v) is 24.1. The molecule has 0 unspecified atom stereocenters. The number of hydrogen-bond acceptors (Lipinski definition) is 14. The molecule has 38 heteroatoms. The molecule has 0 atom stereocenters. The highest BCUT2D eigenvalue weighted by Gasteiger charge is 2.18. The fraction of sp³-hybridized carbons (Fsp3) is 0.121. The van der Waals surface area contributed by atoms with E-state index >= 15 is 0 Å². The largest absolute Gasteiger partial charge is 0.363 e. The Labute approximate surface area is 817 Å². The van der Waals surface area contributed by atoms with Crippen molar-refractivity contribution in [2.45, 2.75) is 58.0 Å². The van der Waals surface area contributed by atoms with Gasteiger partial charge in [0, 0.05) is 124 Å². The van der Waals surface area contributed by atoms with Crippen LogP contribution in [0.2, 0.25) is 8.67 Å². The van der Waals surface area contributed by atoms with E-state index in [1.807, 2.05) is 189 Å². The van der Waals surface area contributed by atoms with Crippen LogP contribution < -0.4 is 5.73 Å². The van der Waals surface area contributed by atoms with E-state index in [9.17, 15) is 9.59 Å². The van der Waals surface area contributed by atoms with Gasteiger partial charge in [0.1, 0.15) is 15.0 Å². The molecule has 0 amide bonds. The van der Waals surface area contributed by atoms with Crippen molar-refractivity contribution in [3.63, 3.8) is 0 Å². The van der Waals surface area contributed by atoms with E-state index in [1.165, 1.54) is 26.2 Å². The smallest absolute Gasteiger partial charge is 0.187 e. The van der Waals surface area contributed by atoms with Crippen molar-refractivity contribution in [3.05, 3.63) is 422 Å². The van der Waals surface area contributed by atoms with Crippen LogP contribution in [0.15, 0.2) is 281 Å². The Morgan fingerprint density at radius 1 is 0.512 bits per heavy atom. The van der Waals surface area contributed by atoms with Gasteiger partial charge < -0.3 is 33.9 Å². The maximum atomic E-state index is 12.2. The first kappa shape index (κ1) is 99.9. The molecule has 4 N–H and O–H groups in total. The summed E-state index contributed by atoms with van der Waals surface area (Å²) in [5.41, 5.74) is 30.4. The SMILES string of the molecule is CN(C)C(=N)c1ccc(-n2cnc(CCC(=O)c3ccc(Cl)s3)c2)cc1.Cc1cnc[nH]1.[C-]#[N+]c1ccc(-n2c(Br)nc(CBr)c2Br)cc1.[C-]#[N+]c1ccc(-n2c(Br)nc(CN=[N+]=[N-])c2Br)cc1.[C-]#[N+]c1ccc(-n2cnc(C)c2)cc1.[C-]#[N+]c1ccc(-n2cnc(CCC(=O)c3ccc(Cl)s3)c2)cc1.[C-]#[N+]c1ccc(-n2cnc(CN)c2)cc1.[C-]#[N+]c1ccc(I)cc1. The second-order valence-corrected chi connectivity index (χ2v) is 34.8. The summed E-state index contributed by atoms with van der Waals surface area (Å²) in [6, 6.07) is 58.7. The number of nitrogens with two attached hydrogens (primary N) is 1. The Morgan fingerprint density at radius 2 is 0.860 bits per heavy atom. The number of ketones is 2. The molecule has 9 aromatic heterocycles. The maximum Gasteiger partial charge on any atom is 0.187 e. The average Bonchev–Trinajstić information content (AvgIpc) is 1.68. The van der Waals surface area contributed by atoms with Gasteiger partial charge in [-0.15, -0.1) is 22.7 Å². The molecule has 0 radical (unpaired) electrons. The lowest BCUT2D eigenvalue weighted by Gasteiger charge is -2.14. The molecule has 0 aliphatic rings. The van der Waals surface area contributed by atoms with Crippen LogP contribution in [0.1, 0.15) is 77.6 Å². The number of aryl methyl sites for hydroxylation is 4. The number of nitrogens with zero attached hydrogens (tertiary/aromatic N) is 23. The molecule has 0 aliphatic heterocycles. The van der Waals surface area contributed by atoms with E-state index in [0.29, 0.717) is 111 Å². The highest BCUT2D eigenvalue weighted by molar-refractivity contribution is 14.1. The molecule has 9 heterocycles. The number of amidine groups is 1. The van der Waals surface area contributed by atoms with Crippen LogP contribution in [0.4, 0.5) is 34.1 Å². The van der Waals surface area contributed by atoms with Gasteiger partial charge in [0.15, 0.2) is 55.2 Å². The van der Waals surface area contributed by atoms with Gasteiger partial charge in [-0.1, -0.05) is 129 Å². The Bertz CT molecular complexity index is 6740. The molecule has 646 valence electrons. The summed E-state index contributed by atoms with van der Waals surface area (Å²) in [5.74, 6) is 0.635. The van der Waals surface area contributed by atoms with Crippen molar-refractivity contribution in [1.29, 1.82) is 5.41 Å². The van der Waals surface area contributed by atoms with Crippen molar-refractivity contribution in [2.75, 3.05) is 14.1 Å². The number of carbonyl (C=O) groups is 2. The van der Waals surface area contributed by atoms with Crippen LogP contribution in [-0.4, -0.2) is 104 Å². The number of rotatable bonds is 19. The van der Waals surface area contributed by atoms with Gasteiger partial charge in [-0.25, -0.2) is 64.0 Å².